The van der Waals surface area contributed by atoms with Crippen molar-refractivity contribution in [3.05, 3.63) is 50.9 Å². The quantitative estimate of drug-likeness (QED) is 0.622. The average molecular weight is 452 g/mol. The van der Waals surface area contributed by atoms with Gasteiger partial charge in [0, 0.05) is 30.4 Å². The molecule has 2 fully saturated rings. The molecule has 1 saturated carbocycles. The molecule has 32 heavy (non-hydrogen) atoms. The van der Waals surface area contributed by atoms with Crippen LogP contribution in [0.25, 0.3) is 10.8 Å². The zero-order valence-electron chi connectivity index (χ0n) is 18.4. The average Bonchev–Trinajstić information content (AvgIpc) is 3.23. The van der Waals surface area contributed by atoms with Crippen LogP contribution in [-0.4, -0.2) is 40.2 Å². The van der Waals surface area contributed by atoms with E-state index in [4.69, 9.17) is 0 Å². The van der Waals surface area contributed by atoms with Gasteiger partial charge < -0.3 is 10.2 Å². The minimum atomic E-state index is -0.144. The van der Waals surface area contributed by atoms with E-state index in [1.54, 1.807) is 0 Å². The standard InChI is InChI=1S/C24H29N5O2S/c1-15-21(32-24(25-15)29-13-5-2-6-14-29)23(31)26-17-11-9-16(10-12-17)20-18-7-3-4-8-19(18)22(30)28-27-20/h3-4,7-8,16-17H,2,5-6,9-14H2,1H3,(H,26,31)(H,28,30)/t16-,17-. The van der Waals surface area contributed by atoms with Crippen molar-refractivity contribution >= 4 is 33.1 Å². The lowest BCUT2D eigenvalue weighted by Gasteiger charge is -2.29. The highest BCUT2D eigenvalue weighted by molar-refractivity contribution is 7.17. The second kappa shape index (κ2) is 9.02. The number of aromatic nitrogens is 3. The van der Waals surface area contributed by atoms with Gasteiger partial charge in [-0.25, -0.2) is 10.1 Å². The smallest absolute Gasteiger partial charge is 0.272 e. The van der Waals surface area contributed by atoms with Crippen molar-refractivity contribution in [1.29, 1.82) is 0 Å². The zero-order chi connectivity index (χ0) is 22.1. The molecular formula is C24H29N5O2S. The minimum Gasteiger partial charge on any atom is -0.349 e. The van der Waals surface area contributed by atoms with Gasteiger partial charge in [0.25, 0.3) is 11.5 Å². The number of aryl methyl sites for hydroxylation is 1. The zero-order valence-corrected chi connectivity index (χ0v) is 19.2. The summed E-state index contributed by atoms with van der Waals surface area (Å²) in [5, 5.41) is 12.9. The highest BCUT2D eigenvalue weighted by Crippen LogP contribution is 2.35. The molecular weight excluding hydrogens is 422 g/mol. The van der Waals surface area contributed by atoms with Crippen LogP contribution in [0.4, 0.5) is 5.13 Å². The summed E-state index contributed by atoms with van der Waals surface area (Å²) in [6.45, 7) is 4.00. The van der Waals surface area contributed by atoms with Gasteiger partial charge in [0.1, 0.15) is 4.88 Å². The number of rotatable bonds is 4. The second-order valence-electron chi connectivity index (χ2n) is 8.96. The molecule has 1 aliphatic heterocycles. The summed E-state index contributed by atoms with van der Waals surface area (Å²) in [5.41, 5.74) is 1.65. The van der Waals surface area contributed by atoms with Gasteiger partial charge in [0.15, 0.2) is 5.13 Å². The predicted molar refractivity (Wildman–Crippen MR) is 128 cm³/mol. The van der Waals surface area contributed by atoms with Gasteiger partial charge in [0.2, 0.25) is 0 Å². The number of amides is 1. The Hall–Kier alpha value is -2.74. The molecule has 0 unspecified atom stereocenters. The number of hydrogen-bond donors (Lipinski definition) is 2. The van der Waals surface area contributed by atoms with E-state index in [2.05, 4.69) is 25.4 Å². The number of nitrogens with one attached hydrogen (secondary N) is 2. The van der Waals surface area contributed by atoms with Crippen molar-refractivity contribution < 1.29 is 4.79 Å². The van der Waals surface area contributed by atoms with E-state index in [0.29, 0.717) is 11.3 Å². The number of benzene rings is 1. The van der Waals surface area contributed by atoms with E-state index in [1.165, 1.54) is 30.6 Å². The van der Waals surface area contributed by atoms with E-state index in [0.717, 1.165) is 65.6 Å². The largest absolute Gasteiger partial charge is 0.349 e. The molecule has 2 N–H and O–H groups in total. The first-order valence-corrected chi connectivity index (χ1v) is 12.4. The summed E-state index contributed by atoms with van der Waals surface area (Å²) in [7, 11) is 0. The monoisotopic (exact) mass is 451 g/mol. The number of carbonyl (C=O) groups excluding carboxylic acids is 1. The molecule has 3 heterocycles. The van der Waals surface area contributed by atoms with Crippen molar-refractivity contribution in [3.8, 4) is 0 Å². The number of carbonyl (C=O) groups is 1. The highest BCUT2D eigenvalue weighted by atomic mass is 32.1. The first kappa shape index (κ1) is 21.1. The third kappa shape index (κ3) is 4.16. The number of H-pyrrole nitrogens is 1. The van der Waals surface area contributed by atoms with Crippen LogP contribution in [0.5, 0.6) is 0 Å². The molecule has 168 valence electrons. The molecule has 0 spiro atoms. The van der Waals surface area contributed by atoms with Crippen LogP contribution in [0, 0.1) is 6.92 Å². The van der Waals surface area contributed by atoms with E-state index in [1.807, 2.05) is 31.2 Å². The maximum absolute atomic E-state index is 13.0. The first-order chi connectivity index (χ1) is 15.6. The maximum atomic E-state index is 13.0. The number of nitrogens with zero attached hydrogens (tertiary/aromatic N) is 3. The second-order valence-corrected chi connectivity index (χ2v) is 9.94. The van der Waals surface area contributed by atoms with Gasteiger partial charge in [-0.3, -0.25) is 9.59 Å². The Morgan fingerprint density at radius 3 is 2.56 bits per heavy atom. The Labute approximate surface area is 191 Å². The summed E-state index contributed by atoms with van der Waals surface area (Å²) in [6.07, 6.45) is 7.36. The van der Waals surface area contributed by atoms with E-state index in [-0.39, 0.29) is 17.5 Å². The summed E-state index contributed by atoms with van der Waals surface area (Å²) in [4.78, 5) is 32.8. The SMILES string of the molecule is Cc1nc(N2CCCCC2)sc1C(=O)N[C@H]1CC[C@H](c2n[nH]c(=O)c3ccccc32)CC1. The van der Waals surface area contributed by atoms with Crippen LogP contribution in [0.2, 0.25) is 0 Å². The fourth-order valence-corrected chi connectivity index (χ4v) is 6.04. The van der Waals surface area contributed by atoms with Gasteiger partial charge in [0.05, 0.1) is 16.8 Å². The van der Waals surface area contributed by atoms with Crippen LogP contribution in [0.3, 0.4) is 0 Å². The number of thiazole rings is 1. The topological polar surface area (TPSA) is 91.0 Å². The number of anilines is 1. The summed E-state index contributed by atoms with van der Waals surface area (Å²) in [6, 6.07) is 7.82. The lowest BCUT2D eigenvalue weighted by Crippen LogP contribution is -2.37. The third-order valence-electron chi connectivity index (χ3n) is 6.79. The molecule has 1 amide bonds. The lowest BCUT2D eigenvalue weighted by atomic mass is 9.82. The molecule has 7 nitrogen and oxygen atoms in total. The Morgan fingerprint density at radius 1 is 1.09 bits per heavy atom. The van der Waals surface area contributed by atoms with Crippen molar-refractivity contribution in [2.24, 2.45) is 0 Å². The van der Waals surface area contributed by atoms with Gasteiger partial charge in [-0.2, -0.15) is 5.10 Å². The van der Waals surface area contributed by atoms with Gasteiger partial charge >= 0.3 is 0 Å². The maximum Gasteiger partial charge on any atom is 0.272 e. The molecule has 2 aliphatic rings. The van der Waals surface area contributed by atoms with E-state index < -0.39 is 0 Å². The lowest BCUT2D eigenvalue weighted by molar-refractivity contribution is 0.0929. The fraction of sp³-hybridized carbons (Fsp3) is 0.500. The molecule has 8 heteroatoms. The molecule has 1 aliphatic carbocycles. The summed E-state index contributed by atoms with van der Waals surface area (Å²) < 4.78 is 0. The van der Waals surface area contributed by atoms with Crippen LogP contribution < -0.4 is 15.8 Å². The summed E-state index contributed by atoms with van der Waals surface area (Å²) in [5.74, 6) is 0.292. The van der Waals surface area contributed by atoms with Crippen molar-refractivity contribution in [1.82, 2.24) is 20.5 Å². The predicted octanol–water partition coefficient (Wildman–Crippen LogP) is 4.13. The Bertz CT molecular complexity index is 1170. The van der Waals surface area contributed by atoms with E-state index >= 15 is 0 Å². The van der Waals surface area contributed by atoms with Crippen molar-refractivity contribution in [3.63, 3.8) is 0 Å². The molecule has 5 rings (SSSR count). The Balaban J connectivity index is 1.23. The molecule has 3 aromatic rings. The van der Waals surface area contributed by atoms with Crippen LogP contribution in [0.15, 0.2) is 29.1 Å². The van der Waals surface area contributed by atoms with Crippen LogP contribution >= 0.6 is 11.3 Å². The first-order valence-electron chi connectivity index (χ1n) is 11.6. The minimum absolute atomic E-state index is 0.000625. The Kier molecular flexibility index (Phi) is 5.95. The fourth-order valence-electron chi connectivity index (χ4n) is 5.02. The van der Waals surface area contributed by atoms with E-state index in [9.17, 15) is 9.59 Å². The van der Waals surface area contributed by atoms with Crippen molar-refractivity contribution in [2.45, 2.75) is 63.8 Å². The van der Waals surface area contributed by atoms with Gasteiger partial charge in [-0.1, -0.05) is 29.5 Å². The highest BCUT2D eigenvalue weighted by Gasteiger charge is 2.28. The molecule has 1 saturated heterocycles. The van der Waals surface area contributed by atoms with Crippen LogP contribution in [-0.2, 0) is 0 Å². The molecule has 0 bridgehead atoms. The number of fused-ring (bicyclic) bond motifs is 1. The molecule has 2 aromatic heterocycles. The normalized spacial score (nSPS) is 21.6. The summed E-state index contributed by atoms with van der Waals surface area (Å²) >= 11 is 1.52. The van der Waals surface area contributed by atoms with Gasteiger partial charge in [-0.15, -0.1) is 0 Å². The van der Waals surface area contributed by atoms with Gasteiger partial charge in [-0.05, 0) is 57.9 Å². The number of aromatic amines is 1. The third-order valence-corrected chi connectivity index (χ3v) is 8.01. The molecule has 1 aromatic carbocycles. The number of piperidine rings is 1. The number of hydrogen-bond acceptors (Lipinski definition) is 6. The van der Waals surface area contributed by atoms with Crippen molar-refractivity contribution in [2.75, 3.05) is 18.0 Å². The molecule has 0 atom stereocenters. The molecule has 0 radical (unpaired) electrons. The Morgan fingerprint density at radius 2 is 1.81 bits per heavy atom. The van der Waals surface area contributed by atoms with Crippen LogP contribution in [0.1, 0.15) is 71.9 Å².